The number of hydrogen-bond donors (Lipinski definition) is 1. The first-order valence-corrected chi connectivity index (χ1v) is 9.49. The van der Waals surface area contributed by atoms with E-state index in [-0.39, 0.29) is 6.79 Å². The van der Waals surface area contributed by atoms with E-state index in [4.69, 9.17) is 14.2 Å². The summed E-state index contributed by atoms with van der Waals surface area (Å²) >= 11 is 0. The Labute approximate surface area is 162 Å². The molecule has 1 aliphatic carbocycles. The Bertz CT molecular complexity index is 1080. The summed E-state index contributed by atoms with van der Waals surface area (Å²) in [6.45, 7) is 0.165. The lowest BCUT2D eigenvalue weighted by atomic mass is 9.95. The van der Waals surface area contributed by atoms with E-state index in [2.05, 4.69) is 0 Å². The monoisotopic (exact) mass is 379 g/mol. The van der Waals surface area contributed by atoms with Gasteiger partial charge in [0.2, 0.25) is 6.79 Å². The van der Waals surface area contributed by atoms with Crippen LogP contribution in [-0.2, 0) is 17.6 Å². The third-order valence-electron chi connectivity index (χ3n) is 5.72. The van der Waals surface area contributed by atoms with Crippen molar-refractivity contribution in [1.29, 1.82) is 0 Å². The third-order valence-corrected chi connectivity index (χ3v) is 5.72. The maximum Gasteiger partial charge on any atom is 0.331 e. The van der Waals surface area contributed by atoms with Crippen LogP contribution in [0.1, 0.15) is 35.7 Å². The van der Waals surface area contributed by atoms with Crippen LogP contribution < -0.4 is 14.2 Å². The number of methoxy groups -OCH3 is 1. The summed E-state index contributed by atoms with van der Waals surface area (Å²) in [6.07, 6.45) is 4.01. The smallest absolute Gasteiger partial charge is 0.331 e. The minimum Gasteiger partial charge on any atom is -0.497 e. The summed E-state index contributed by atoms with van der Waals surface area (Å²) in [6, 6.07) is 10.4. The molecule has 0 saturated heterocycles. The number of rotatable bonds is 4. The second-order valence-corrected chi connectivity index (χ2v) is 7.24. The molecule has 0 bridgehead atoms. The molecular formula is C22H21NO5. The number of carboxylic acids is 1. The molecule has 5 rings (SSSR count). The van der Waals surface area contributed by atoms with Gasteiger partial charge in [0.05, 0.1) is 7.11 Å². The zero-order valence-electron chi connectivity index (χ0n) is 15.6. The van der Waals surface area contributed by atoms with Gasteiger partial charge in [0.1, 0.15) is 5.75 Å². The number of benzene rings is 2. The van der Waals surface area contributed by atoms with Gasteiger partial charge < -0.3 is 23.9 Å². The van der Waals surface area contributed by atoms with Crippen molar-refractivity contribution in [2.24, 2.45) is 0 Å². The van der Waals surface area contributed by atoms with E-state index in [1.165, 1.54) is 5.56 Å². The number of hydrogen-bond acceptors (Lipinski definition) is 4. The van der Waals surface area contributed by atoms with E-state index < -0.39 is 12.0 Å². The van der Waals surface area contributed by atoms with Crippen molar-refractivity contribution in [2.45, 2.75) is 31.7 Å². The predicted molar refractivity (Wildman–Crippen MR) is 103 cm³/mol. The van der Waals surface area contributed by atoms with Gasteiger partial charge in [-0.1, -0.05) is 6.07 Å². The molecular weight excluding hydrogens is 358 g/mol. The van der Waals surface area contributed by atoms with Gasteiger partial charge in [-0.05, 0) is 67.1 Å². The number of aromatic nitrogens is 1. The topological polar surface area (TPSA) is 69.9 Å². The summed E-state index contributed by atoms with van der Waals surface area (Å²) in [5.41, 5.74) is 3.96. The van der Waals surface area contributed by atoms with Gasteiger partial charge in [0, 0.05) is 16.6 Å². The quantitative estimate of drug-likeness (QED) is 0.744. The molecule has 2 aliphatic rings. The molecule has 28 heavy (non-hydrogen) atoms. The molecule has 1 N–H and O–H groups in total. The van der Waals surface area contributed by atoms with Crippen molar-refractivity contribution < 1.29 is 24.1 Å². The van der Waals surface area contributed by atoms with E-state index in [0.29, 0.717) is 17.1 Å². The lowest BCUT2D eigenvalue weighted by Gasteiger charge is -2.22. The molecule has 6 heteroatoms. The minimum atomic E-state index is -0.889. The molecule has 0 fully saturated rings. The number of fused-ring (bicyclic) bond motifs is 4. The molecule has 1 aliphatic heterocycles. The summed E-state index contributed by atoms with van der Waals surface area (Å²) < 4.78 is 18.3. The van der Waals surface area contributed by atoms with Crippen LogP contribution in [0.5, 0.6) is 17.2 Å². The maximum absolute atomic E-state index is 12.4. The van der Waals surface area contributed by atoms with Gasteiger partial charge in [0.25, 0.3) is 0 Å². The first kappa shape index (κ1) is 17.0. The maximum atomic E-state index is 12.4. The average molecular weight is 379 g/mol. The van der Waals surface area contributed by atoms with Crippen molar-refractivity contribution in [1.82, 2.24) is 4.57 Å². The number of ether oxygens (including phenoxy) is 3. The minimum absolute atomic E-state index is 0.165. The van der Waals surface area contributed by atoms with Crippen LogP contribution in [0.2, 0.25) is 0 Å². The van der Waals surface area contributed by atoms with Crippen LogP contribution in [0.25, 0.3) is 10.9 Å². The first-order valence-electron chi connectivity index (χ1n) is 9.49. The van der Waals surface area contributed by atoms with Crippen molar-refractivity contribution in [2.75, 3.05) is 13.9 Å². The van der Waals surface area contributed by atoms with Gasteiger partial charge in [0.15, 0.2) is 17.5 Å². The SMILES string of the molecule is COc1ccc2c(c1)c1c(n2C(C(=O)O)c2ccc3c(c2)OCO3)CCCC1. The zero-order valence-corrected chi connectivity index (χ0v) is 15.6. The molecule has 0 saturated carbocycles. The average Bonchev–Trinajstić information content (AvgIpc) is 3.30. The van der Waals surface area contributed by atoms with E-state index in [9.17, 15) is 9.90 Å². The molecule has 3 aromatic rings. The van der Waals surface area contributed by atoms with Gasteiger partial charge in [-0.25, -0.2) is 4.79 Å². The van der Waals surface area contributed by atoms with Crippen molar-refractivity contribution >= 4 is 16.9 Å². The van der Waals surface area contributed by atoms with Gasteiger partial charge in [-0.2, -0.15) is 0 Å². The third kappa shape index (κ3) is 2.52. The second kappa shape index (κ2) is 6.48. The Balaban J connectivity index is 1.75. The number of aryl methyl sites for hydroxylation is 1. The molecule has 0 amide bonds. The number of carbonyl (C=O) groups is 1. The van der Waals surface area contributed by atoms with E-state index in [1.807, 2.05) is 28.8 Å². The largest absolute Gasteiger partial charge is 0.497 e. The molecule has 0 spiro atoms. The molecule has 1 unspecified atom stereocenters. The van der Waals surface area contributed by atoms with Crippen LogP contribution in [0.15, 0.2) is 36.4 Å². The molecule has 0 radical (unpaired) electrons. The Morgan fingerprint density at radius 3 is 2.75 bits per heavy atom. The van der Waals surface area contributed by atoms with Crippen molar-refractivity contribution in [3.63, 3.8) is 0 Å². The van der Waals surface area contributed by atoms with Gasteiger partial charge in [-0.15, -0.1) is 0 Å². The van der Waals surface area contributed by atoms with Crippen molar-refractivity contribution in [3.8, 4) is 17.2 Å². The van der Waals surface area contributed by atoms with Gasteiger partial charge in [-0.3, -0.25) is 0 Å². The van der Waals surface area contributed by atoms with Gasteiger partial charge >= 0.3 is 5.97 Å². The summed E-state index contributed by atoms with van der Waals surface area (Å²) in [5.74, 6) is 1.14. The number of nitrogens with zero attached hydrogens (tertiary/aromatic N) is 1. The fraction of sp³-hybridized carbons (Fsp3) is 0.318. The highest BCUT2D eigenvalue weighted by molar-refractivity contribution is 5.90. The van der Waals surface area contributed by atoms with Crippen molar-refractivity contribution in [3.05, 3.63) is 53.2 Å². The van der Waals surface area contributed by atoms with E-state index in [1.54, 1.807) is 19.2 Å². The highest BCUT2D eigenvalue weighted by Gasteiger charge is 2.31. The number of aliphatic carboxylic acids is 1. The molecule has 2 aromatic carbocycles. The standard InChI is InChI=1S/C22H21NO5/c1-26-14-7-8-18-16(11-14)15-4-2-3-5-17(15)23(18)21(22(24)25)13-6-9-19-20(10-13)28-12-27-19/h6-11,21H,2-5,12H2,1H3,(H,24,25). The summed E-state index contributed by atoms with van der Waals surface area (Å²) in [4.78, 5) is 12.4. The molecule has 6 nitrogen and oxygen atoms in total. The lowest BCUT2D eigenvalue weighted by Crippen LogP contribution is -2.23. The number of carboxylic acid groups (broad SMARTS) is 1. The fourth-order valence-corrected chi connectivity index (χ4v) is 4.46. The van der Waals surface area contributed by atoms with E-state index >= 15 is 0 Å². The predicted octanol–water partition coefficient (Wildman–Crippen LogP) is 3.93. The summed E-state index contributed by atoms with van der Waals surface area (Å²) in [7, 11) is 1.65. The molecule has 2 heterocycles. The van der Waals surface area contributed by atoms with Crippen LogP contribution in [0.3, 0.4) is 0 Å². The van der Waals surface area contributed by atoms with Crippen LogP contribution >= 0.6 is 0 Å². The Kier molecular flexibility index (Phi) is 3.93. The van der Waals surface area contributed by atoms with Crippen LogP contribution in [0.4, 0.5) is 0 Å². The summed E-state index contributed by atoms with van der Waals surface area (Å²) in [5, 5.41) is 11.3. The zero-order chi connectivity index (χ0) is 19.3. The Hall–Kier alpha value is -3.15. The van der Waals surface area contributed by atoms with E-state index in [0.717, 1.165) is 48.0 Å². The molecule has 1 atom stereocenters. The lowest BCUT2D eigenvalue weighted by molar-refractivity contribution is -0.139. The van der Waals surface area contributed by atoms with Crippen LogP contribution in [-0.4, -0.2) is 29.5 Å². The normalized spacial score (nSPS) is 16.0. The fourth-order valence-electron chi connectivity index (χ4n) is 4.46. The van der Waals surface area contributed by atoms with Crippen LogP contribution in [0, 0.1) is 0 Å². The Morgan fingerprint density at radius 1 is 1.11 bits per heavy atom. The highest BCUT2D eigenvalue weighted by atomic mass is 16.7. The molecule has 1 aromatic heterocycles. The molecule has 144 valence electrons. The second-order valence-electron chi connectivity index (χ2n) is 7.24. The highest BCUT2D eigenvalue weighted by Crippen LogP contribution is 2.40. The Morgan fingerprint density at radius 2 is 1.93 bits per heavy atom. The first-order chi connectivity index (χ1) is 13.7.